The zero-order valence-electron chi connectivity index (χ0n) is 10.3. The number of nitrogen functional groups attached to an aromatic ring is 1. The summed E-state index contributed by atoms with van der Waals surface area (Å²) < 4.78 is 14.5. The molecule has 6 nitrogen and oxygen atoms in total. The number of hydrogen-bond acceptors (Lipinski definition) is 4. The molecule has 0 fully saturated rings. The van der Waals surface area contributed by atoms with E-state index in [0.717, 1.165) is 16.7 Å². The van der Waals surface area contributed by atoms with Crippen molar-refractivity contribution in [2.24, 2.45) is 0 Å². The van der Waals surface area contributed by atoms with Crippen molar-refractivity contribution in [3.05, 3.63) is 56.6 Å². The Kier molecular flexibility index (Phi) is 2.80. The minimum atomic E-state index is -0.735. The van der Waals surface area contributed by atoms with Gasteiger partial charge in [0, 0.05) is 6.07 Å². The Labute approximate surface area is 121 Å². The van der Waals surface area contributed by atoms with Crippen molar-refractivity contribution >= 4 is 29.2 Å². The standard InChI is InChI=1S/C13H7ClFN3O3/c14-7-2-1-5(3-8(7)15)18-9(19)4-6-10(11(18)16)13(21)17-12(6)20/h1-4H,16H2,(H,17,20,21). The van der Waals surface area contributed by atoms with E-state index in [4.69, 9.17) is 17.3 Å². The molecule has 1 aromatic carbocycles. The SMILES string of the molecule is Nc1c2c(cc(=O)n1-c1ccc(Cl)c(F)c1)C(=O)NC2=O. The maximum absolute atomic E-state index is 13.5. The number of nitrogens with zero attached hydrogens (tertiary/aromatic N) is 1. The molecule has 0 spiro atoms. The number of imide groups is 1. The molecule has 0 atom stereocenters. The molecule has 0 saturated carbocycles. The van der Waals surface area contributed by atoms with Gasteiger partial charge in [-0.15, -0.1) is 0 Å². The van der Waals surface area contributed by atoms with Crippen molar-refractivity contribution < 1.29 is 14.0 Å². The zero-order valence-corrected chi connectivity index (χ0v) is 11.1. The third-order valence-electron chi connectivity index (χ3n) is 3.11. The zero-order chi connectivity index (χ0) is 15.3. The highest BCUT2D eigenvalue weighted by Gasteiger charge is 2.31. The highest BCUT2D eigenvalue weighted by molar-refractivity contribution is 6.30. The monoisotopic (exact) mass is 307 g/mol. The summed E-state index contributed by atoms with van der Waals surface area (Å²) >= 11 is 5.58. The molecular formula is C13H7ClFN3O3. The van der Waals surface area contributed by atoms with Crippen LogP contribution in [-0.4, -0.2) is 16.4 Å². The lowest BCUT2D eigenvalue weighted by Crippen LogP contribution is -2.24. The van der Waals surface area contributed by atoms with E-state index >= 15 is 0 Å². The molecule has 2 heterocycles. The lowest BCUT2D eigenvalue weighted by Gasteiger charge is -2.12. The van der Waals surface area contributed by atoms with Gasteiger partial charge in [-0.3, -0.25) is 24.3 Å². The van der Waals surface area contributed by atoms with Crippen LogP contribution in [0.5, 0.6) is 0 Å². The van der Waals surface area contributed by atoms with Gasteiger partial charge in [-0.2, -0.15) is 0 Å². The van der Waals surface area contributed by atoms with Crippen LogP contribution in [-0.2, 0) is 0 Å². The lowest BCUT2D eigenvalue weighted by molar-refractivity contribution is 0.0880. The van der Waals surface area contributed by atoms with Crippen LogP contribution in [0.2, 0.25) is 5.02 Å². The summed E-state index contributed by atoms with van der Waals surface area (Å²) in [5.74, 6) is -2.35. The Bertz CT molecular complexity index is 876. The number of hydrogen-bond donors (Lipinski definition) is 2. The number of benzene rings is 1. The Balaban J connectivity index is 2.32. The predicted octanol–water partition coefficient (Wildman–Crippen LogP) is 1.10. The van der Waals surface area contributed by atoms with Gasteiger partial charge in [-0.1, -0.05) is 11.6 Å². The number of pyridine rings is 1. The second kappa shape index (κ2) is 4.42. The normalized spacial score (nSPS) is 13.2. The van der Waals surface area contributed by atoms with Crippen molar-refractivity contribution in [2.75, 3.05) is 5.73 Å². The van der Waals surface area contributed by atoms with Gasteiger partial charge in [0.15, 0.2) is 0 Å². The fourth-order valence-electron chi connectivity index (χ4n) is 2.17. The van der Waals surface area contributed by atoms with Crippen molar-refractivity contribution in [2.45, 2.75) is 0 Å². The number of carbonyl (C=O) groups excluding carboxylic acids is 2. The largest absolute Gasteiger partial charge is 0.384 e. The van der Waals surface area contributed by atoms with Gasteiger partial charge in [0.2, 0.25) is 0 Å². The van der Waals surface area contributed by atoms with Gasteiger partial charge in [-0.25, -0.2) is 4.39 Å². The minimum Gasteiger partial charge on any atom is -0.384 e. The molecule has 0 bridgehead atoms. The van der Waals surface area contributed by atoms with Gasteiger partial charge < -0.3 is 5.73 Å². The van der Waals surface area contributed by atoms with E-state index in [0.29, 0.717) is 0 Å². The summed E-state index contributed by atoms with van der Waals surface area (Å²) in [5.41, 5.74) is 5.06. The summed E-state index contributed by atoms with van der Waals surface area (Å²) in [6, 6.07) is 4.64. The van der Waals surface area contributed by atoms with E-state index in [1.165, 1.54) is 12.1 Å². The first-order valence-electron chi connectivity index (χ1n) is 5.77. The van der Waals surface area contributed by atoms with Crippen LogP contribution in [0.1, 0.15) is 20.7 Å². The molecule has 3 N–H and O–H groups in total. The topological polar surface area (TPSA) is 94.2 Å². The van der Waals surface area contributed by atoms with Crippen LogP contribution in [0.15, 0.2) is 29.1 Å². The van der Waals surface area contributed by atoms with Crippen LogP contribution < -0.4 is 16.6 Å². The maximum Gasteiger partial charge on any atom is 0.262 e. The second-order valence-electron chi connectivity index (χ2n) is 4.37. The van der Waals surface area contributed by atoms with Crippen LogP contribution in [0, 0.1) is 5.82 Å². The number of aromatic nitrogens is 1. The summed E-state index contributed by atoms with van der Waals surface area (Å²) in [5, 5.41) is 1.93. The van der Waals surface area contributed by atoms with E-state index in [9.17, 15) is 18.8 Å². The first-order chi connectivity index (χ1) is 9.90. The van der Waals surface area contributed by atoms with Crippen molar-refractivity contribution in [3.63, 3.8) is 0 Å². The first-order valence-corrected chi connectivity index (χ1v) is 6.14. The molecule has 0 saturated heterocycles. The quantitative estimate of drug-likeness (QED) is 0.771. The highest BCUT2D eigenvalue weighted by atomic mass is 35.5. The molecule has 1 aliphatic rings. The number of nitrogens with one attached hydrogen (secondary N) is 1. The van der Waals surface area contributed by atoms with Crippen molar-refractivity contribution in [1.29, 1.82) is 0 Å². The molecule has 106 valence electrons. The van der Waals surface area contributed by atoms with Gasteiger partial charge >= 0.3 is 0 Å². The Morgan fingerprint density at radius 3 is 2.52 bits per heavy atom. The number of fused-ring (bicyclic) bond motifs is 1. The molecule has 21 heavy (non-hydrogen) atoms. The molecular weight excluding hydrogens is 301 g/mol. The Morgan fingerprint density at radius 1 is 1.14 bits per heavy atom. The number of rotatable bonds is 1. The molecule has 1 aromatic heterocycles. The number of amides is 2. The van der Waals surface area contributed by atoms with Crippen LogP contribution in [0.3, 0.4) is 0 Å². The minimum absolute atomic E-state index is 0.0896. The molecule has 0 aliphatic carbocycles. The maximum atomic E-state index is 13.5. The van der Waals surface area contributed by atoms with E-state index < -0.39 is 23.2 Å². The summed E-state index contributed by atoms with van der Waals surface area (Å²) in [6.07, 6.45) is 0. The molecule has 8 heteroatoms. The Hall–Kier alpha value is -2.67. The lowest BCUT2D eigenvalue weighted by atomic mass is 10.1. The van der Waals surface area contributed by atoms with E-state index in [2.05, 4.69) is 0 Å². The molecule has 3 rings (SSSR count). The van der Waals surface area contributed by atoms with Crippen LogP contribution in [0.4, 0.5) is 10.2 Å². The van der Waals surface area contributed by atoms with Gasteiger partial charge in [0.05, 0.1) is 21.8 Å². The molecule has 2 aromatic rings. The van der Waals surface area contributed by atoms with E-state index in [-0.39, 0.29) is 27.7 Å². The van der Waals surface area contributed by atoms with E-state index in [1.54, 1.807) is 0 Å². The van der Waals surface area contributed by atoms with Gasteiger partial charge in [0.25, 0.3) is 17.4 Å². The average molecular weight is 308 g/mol. The third-order valence-corrected chi connectivity index (χ3v) is 3.42. The van der Waals surface area contributed by atoms with Crippen molar-refractivity contribution in [1.82, 2.24) is 9.88 Å². The summed E-state index contributed by atoms with van der Waals surface area (Å²) in [7, 11) is 0. The second-order valence-corrected chi connectivity index (χ2v) is 4.78. The predicted molar refractivity (Wildman–Crippen MR) is 73.2 cm³/mol. The molecule has 2 amide bonds. The van der Waals surface area contributed by atoms with Crippen LogP contribution >= 0.6 is 11.6 Å². The smallest absolute Gasteiger partial charge is 0.262 e. The number of anilines is 1. The summed E-state index contributed by atoms with van der Waals surface area (Å²) in [6.45, 7) is 0. The number of halogens is 2. The van der Waals surface area contributed by atoms with E-state index in [1.807, 2.05) is 5.32 Å². The van der Waals surface area contributed by atoms with Crippen LogP contribution in [0.25, 0.3) is 5.69 Å². The number of carbonyl (C=O) groups is 2. The van der Waals surface area contributed by atoms with Gasteiger partial charge in [0.1, 0.15) is 11.6 Å². The highest BCUT2D eigenvalue weighted by Crippen LogP contribution is 2.24. The number of nitrogens with two attached hydrogens (primary N) is 1. The van der Waals surface area contributed by atoms with Crippen molar-refractivity contribution in [3.8, 4) is 5.69 Å². The fourth-order valence-corrected chi connectivity index (χ4v) is 2.29. The molecule has 0 radical (unpaired) electrons. The van der Waals surface area contributed by atoms with Gasteiger partial charge in [-0.05, 0) is 18.2 Å². The molecule has 0 unspecified atom stereocenters. The Morgan fingerprint density at radius 2 is 1.86 bits per heavy atom. The average Bonchev–Trinajstić information content (AvgIpc) is 2.69. The fraction of sp³-hybridized carbons (Fsp3) is 0. The first kappa shape index (κ1) is 13.3. The molecule has 1 aliphatic heterocycles. The third kappa shape index (κ3) is 1.90. The summed E-state index contributed by atoms with van der Waals surface area (Å²) in [4.78, 5) is 35.3.